The third kappa shape index (κ3) is 5.12. The van der Waals surface area contributed by atoms with Crippen molar-refractivity contribution < 1.29 is 19.1 Å². The van der Waals surface area contributed by atoms with Gasteiger partial charge in [-0.1, -0.05) is 0 Å². The molecule has 1 aromatic carbocycles. The van der Waals surface area contributed by atoms with Crippen molar-refractivity contribution in [2.45, 2.75) is 0 Å². The van der Waals surface area contributed by atoms with Crippen LogP contribution in [-0.4, -0.2) is 73.5 Å². The number of ether oxygens (including phenoxy) is 2. The molecule has 0 atom stereocenters. The van der Waals surface area contributed by atoms with E-state index in [9.17, 15) is 9.59 Å². The number of hydrogen-bond acceptors (Lipinski definition) is 6. The van der Waals surface area contributed by atoms with Gasteiger partial charge < -0.3 is 24.6 Å². The molecule has 0 aliphatic carbocycles. The number of nitrogens with one attached hydrogen (secondary N) is 1. The van der Waals surface area contributed by atoms with Crippen LogP contribution in [0.5, 0.6) is 11.5 Å². The number of benzene rings is 1. The number of rotatable bonds is 8. The molecule has 2 amide bonds. The highest BCUT2D eigenvalue weighted by Crippen LogP contribution is 2.17. The van der Waals surface area contributed by atoms with Gasteiger partial charge in [0, 0.05) is 37.9 Å². The SMILES string of the molecule is COc1ccc(OCCNc2cc(C(=O)N3CCN(C=O)CC3)ccn2)cc1. The summed E-state index contributed by atoms with van der Waals surface area (Å²) in [5.41, 5.74) is 0.577. The maximum Gasteiger partial charge on any atom is 0.254 e. The molecule has 1 aromatic heterocycles. The second-order valence-corrected chi connectivity index (χ2v) is 6.31. The Morgan fingerprint density at radius 1 is 1.14 bits per heavy atom. The van der Waals surface area contributed by atoms with Crippen LogP contribution in [-0.2, 0) is 4.79 Å². The largest absolute Gasteiger partial charge is 0.497 e. The quantitative estimate of drug-likeness (QED) is 0.548. The van der Waals surface area contributed by atoms with E-state index in [-0.39, 0.29) is 5.91 Å². The minimum Gasteiger partial charge on any atom is -0.497 e. The molecule has 8 nitrogen and oxygen atoms in total. The highest BCUT2D eigenvalue weighted by Gasteiger charge is 2.21. The van der Waals surface area contributed by atoms with Crippen LogP contribution in [0.3, 0.4) is 0 Å². The first-order chi connectivity index (χ1) is 13.7. The number of carbonyl (C=O) groups excluding carboxylic acids is 2. The van der Waals surface area contributed by atoms with Gasteiger partial charge in [-0.15, -0.1) is 0 Å². The summed E-state index contributed by atoms with van der Waals surface area (Å²) < 4.78 is 10.8. The Balaban J connectivity index is 1.47. The van der Waals surface area contributed by atoms with Gasteiger partial charge in [0.25, 0.3) is 5.91 Å². The third-order valence-electron chi connectivity index (χ3n) is 4.49. The lowest BCUT2D eigenvalue weighted by atomic mass is 10.2. The number of hydrogen-bond donors (Lipinski definition) is 1. The van der Waals surface area contributed by atoms with E-state index >= 15 is 0 Å². The molecular weight excluding hydrogens is 360 g/mol. The molecule has 0 unspecified atom stereocenters. The van der Waals surface area contributed by atoms with Crippen molar-refractivity contribution in [3.8, 4) is 11.5 Å². The second kappa shape index (κ2) is 9.59. The summed E-state index contributed by atoms with van der Waals surface area (Å²) in [5, 5.41) is 3.17. The molecule has 2 aromatic rings. The van der Waals surface area contributed by atoms with Gasteiger partial charge in [-0.2, -0.15) is 0 Å². The number of piperazine rings is 1. The first-order valence-corrected chi connectivity index (χ1v) is 9.15. The van der Waals surface area contributed by atoms with Gasteiger partial charge in [-0.3, -0.25) is 9.59 Å². The Morgan fingerprint density at radius 3 is 2.54 bits per heavy atom. The van der Waals surface area contributed by atoms with Crippen molar-refractivity contribution >= 4 is 18.1 Å². The first-order valence-electron chi connectivity index (χ1n) is 9.15. The molecule has 28 heavy (non-hydrogen) atoms. The summed E-state index contributed by atoms with van der Waals surface area (Å²) in [6.07, 6.45) is 2.44. The van der Waals surface area contributed by atoms with Crippen LogP contribution in [0, 0.1) is 0 Å². The molecule has 1 fully saturated rings. The average Bonchev–Trinajstić information content (AvgIpc) is 2.77. The maximum absolute atomic E-state index is 12.6. The Labute approximate surface area is 164 Å². The smallest absolute Gasteiger partial charge is 0.254 e. The standard InChI is InChI=1S/C20H24N4O4/c1-27-17-2-4-18(5-3-17)28-13-8-22-19-14-16(6-7-21-19)20(26)24-11-9-23(15-25)10-12-24/h2-7,14-15H,8-13H2,1H3,(H,21,22). The minimum atomic E-state index is -0.0505. The van der Waals surface area contributed by atoms with E-state index in [1.165, 1.54) is 0 Å². The van der Waals surface area contributed by atoms with E-state index in [0.29, 0.717) is 50.7 Å². The van der Waals surface area contributed by atoms with Crippen LogP contribution < -0.4 is 14.8 Å². The number of amides is 2. The Morgan fingerprint density at radius 2 is 1.86 bits per heavy atom. The summed E-state index contributed by atoms with van der Waals surface area (Å²) in [6, 6.07) is 10.8. The number of methoxy groups -OCH3 is 1. The fourth-order valence-corrected chi connectivity index (χ4v) is 2.89. The van der Waals surface area contributed by atoms with Gasteiger partial charge in [0.05, 0.1) is 13.7 Å². The first kappa shape index (κ1) is 19.5. The fourth-order valence-electron chi connectivity index (χ4n) is 2.89. The zero-order valence-electron chi connectivity index (χ0n) is 15.8. The fraction of sp³-hybridized carbons (Fsp3) is 0.350. The Kier molecular flexibility index (Phi) is 6.67. The molecule has 3 rings (SSSR count). The number of anilines is 1. The van der Waals surface area contributed by atoms with Gasteiger partial charge >= 0.3 is 0 Å². The van der Waals surface area contributed by atoms with E-state index in [1.807, 2.05) is 24.3 Å². The maximum atomic E-state index is 12.6. The lowest BCUT2D eigenvalue weighted by Crippen LogP contribution is -2.48. The molecule has 1 aliphatic rings. The van der Waals surface area contributed by atoms with Crippen molar-refractivity contribution in [2.24, 2.45) is 0 Å². The average molecular weight is 384 g/mol. The zero-order chi connectivity index (χ0) is 19.8. The van der Waals surface area contributed by atoms with Gasteiger partial charge in [0.1, 0.15) is 23.9 Å². The van der Waals surface area contributed by atoms with Crippen LogP contribution in [0.25, 0.3) is 0 Å². The lowest BCUT2D eigenvalue weighted by molar-refractivity contribution is -0.119. The van der Waals surface area contributed by atoms with Crippen LogP contribution in [0.15, 0.2) is 42.6 Å². The molecular formula is C20H24N4O4. The van der Waals surface area contributed by atoms with Crippen molar-refractivity contribution in [3.05, 3.63) is 48.2 Å². The molecule has 0 spiro atoms. The van der Waals surface area contributed by atoms with E-state index < -0.39 is 0 Å². The van der Waals surface area contributed by atoms with Crippen LogP contribution in [0.4, 0.5) is 5.82 Å². The summed E-state index contributed by atoms with van der Waals surface area (Å²) in [4.78, 5) is 31.1. The summed E-state index contributed by atoms with van der Waals surface area (Å²) in [5.74, 6) is 2.11. The molecule has 8 heteroatoms. The minimum absolute atomic E-state index is 0.0505. The number of aromatic nitrogens is 1. The van der Waals surface area contributed by atoms with Gasteiger partial charge in [0.2, 0.25) is 6.41 Å². The Hall–Kier alpha value is -3.29. The lowest BCUT2D eigenvalue weighted by Gasteiger charge is -2.32. The summed E-state index contributed by atoms with van der Waals surface area (Å²) in [6.45, 7) is 3.22. The van der Waals surface area contributed by atoms with Crippen molar-refractivity contribution in [3.63, 3.8) is 0 Å². The monoisotopic (exact) mass is 384 g/mol. The summed E-state index contributed by atoms with van der Waals surface area (Å²) >= 11 is 0. The van der Waals surface area contributed by atoms with Crippen LogP contribution in [0.2, 0.25) is 0 Å². The number of pyridine rings is 1. The van der Waals surface area contributed by atoms with E-state index in [0.717, 1.165) is 17.9 Å². The zero-order valence-corrected chi connectivity index (χ0v) is 15.8. The van der Waals surface area contributed by atoms with Crippen molar-refractivity contribution in [2.75, 3.05) is 51.8 Å². The number of nitrogens with zero attached hydrogens (tertiary/aromatic N) is 3. The van der Waals surface area contributed by atoms with Gasteiger partial charge in [-0.25, -0.2) is 4.98 Å². The van der Waals surface area contributed by atoms with Gasteiger partial charge in [0.15, 0.2) is 0 Å². The summed E-state index contributed by atoms with van der Waals surface area (Å²) in [7, 11) is 1.62. The highest BCUT2D eigenvalue weighted by atomic mass is 16.5. The predicted molar refractivity (Wildman–Crippen MR) is 105 cm³/mol. The predicted octanol–water partition coefficient (Wildman–Crippen LogP) is 1.50. The molecule has 0 saturated carbocycles. The van der Waals surface area contributed by atoms with Crippen LogP contribution >= 0.6 is 0 Å². The van der Waals surface area contributed by atoms with Crippen molar-refractivity contribution in [1.29, 1.82) is 0 Å². The molecule has 148 valence electrons. The van der Waals surface area contributed by atoms with Crippen LogP contribution in [0.1, 0.15) is 10.4 Å². The van der Waals surface area contributed by atoms with E-state index in [2.05, 4.69) is 10.3 Å². The van der Waals surface area contributed by atoms with E-state index in [1.54, 1.807) is 35.2 Å². The second-order valence-electron chi connectivity index (χ2n) is 6.31. The Bertz CT molecular complexity index is 789. The number of carbonyl (C=O) groups is 2. The van der Waals surface area contributed by atoms with Crippen molar-refractivity contribution in [1.82, 2.24) is 14.8 Å². The molecule has 0 bridgehead atoms. The molecule has 1 aliphatic heterocycles. The third-order valence-corrected chi connectivity index (χ3v) is 4.49. The van der Waals surface area contributed by atoms with Gasteiger partial charge in [-0.05, 0) is 36.4 Å². The molecule has 1 saturated heterocycles. The molecule has 0 radical (unpaired) electrons. The topological polar surface area (TPSA) is 84.0 Å². The molecule has 2 heterocycles. The highest BCUT2D eigenvalue weighted by molar-refractivity contribution is 5.95. The van der Waals surface area contributed by atoms with E-state index in [4.69, 9.17) is 9.47 Å². The normalized spacial score (nSPS) is 13.8. The molecule has 1 N–H and O–H groups in total.